The first-order valence-electron chi connectivity index (χ1n) is 11.3. The second kappa shape index (κ2) is 10.4. The SMILES string of the molecule is COc1ccc2c(CNCCc3ccccc3OC)c(C(=O)O)n(Cc3ccc(C)cc3)c2c1. The van der Waals surface area contributed by atoms with Crippen LogP contribution in [0.4, 0.5) is 0 Å². The van der Waals surface area contributed by atoms with E-state index in [1.54, 1.807) is 14.2 Å². The van der Waals surface area contributed by atoms with E-state index in [0.717, 1.165) is 39.8 Å². The Morgan fingerprint density at radius 1 is 1.00 bits per heavy atom. The zero-order valence-corrected chi connectivity index (χ0v) is 19.8. The van der Waals surface area contributed by atoms with Gasteiger partial charge in [-0.1, -0.05) is 48.0 Å². The van der Waals surface area contributed by atoms with Crippen molar-refractivity contribution in [2.75, 3.05) is 20.8 Å². The number of benzene rings is 3. The molecule has 4 rings (SSSR count). The van der Waals surface area contributed by atoms with Crippen LogP contribution >= 0.6 is 0 Å². The Morgan fingerprint density at radius 3 is 2.47 bits per heavy atom. The van der Waals surface area contributed by atoms with E-state index in [-0.39, 0.29) is 0 Å². The van der Waals surface area contributed by atoms with Crippen LogP contribution in [0.2, 0.25) is 0 Å². The minimum Gasteiger partial charge on any atom is -0.497 e. The average Bonchev–Trinajstić information content (AvgIpc) is 3.16. The van der Waals surface area contributed by atoms with Crippen molar-refractivity contribution in [1.29, 1.82) is 0 Å². The zero-order chi connectivity index (χ0) is 24.1. The van der Waals surface area contributed by atoms with E-state index in [1.807, 2.05) is 78.2 Å². The molecular weight excluding hydrogens is 428 g/mol. The topological polar surface area (TPSA) is 72.7 Å². The summed E-state index contributed by atoms with van der Waals surface area (Å²) in [5.74, 6) is 0.615. The minimum absolute atomic E-state index is 0.300. The van der Waals surface area contributed by atoms with Crippen molar-refractivity contribution in [2.45, 2.75) is 26.4 Å². The zero-order valence-electron chi connectivity index (χ0n) is 19.8. The molecule has 0 spiro atoms. The highest BCUT2D eigenvalue weighted by atomic mass is 16.5. The maximum absolute atomic E-state index is 12.5. The Hall–Kier alpha value is -3.77. The summed E-state index contributed by atoms with van der Waals surface area (Å²) in [5, 5.41) is 14.6. The third-order valence-electron chi connectivity index (χ3n) is 6.11. The third kappa shape index (κ3) is 4.92. The van der Waals surface area contributed by atoms with Crippen LogP contribution in [-0.2, 0) is 19.5 Å². The van der Waals surface area contributed by atoms with Crippen LogP contribution in [0.1, 0.15) is 32.7 Å². The van der Waals surface area contributed by atoms with Crippen LogP contribution in [0.25, 0.3) is 10.9 Å². The molecule has 0 unspecified atom stereocenters. The maximum atomic E-state index is 12.5. The maximum Gasteiger partial charge on any atom is 0.352 e. The van der Waals surface area contributed by atoms with Crippen LogP contribution in [-0.4, -0.2) is 36.4 Å². The Labute approximate surface area is 199 Å². The van der Waals surface area contributed by atoms with E-state index in [2.05, 4.69) is 5.32 Å². The number of nitrogens with one attached hydrogen (secondary N) is 1. The number of hydrogen-bond acceptors (Lipinski definition) is 4. The molecule has 0 amide bonds. The van der Waals surface area contributed by atoms with Crippen molar-refractivity contribution in [3.05, 3.63) is 94.7 Å². The van der Waals surface area contributed by atoms with E-state index >= 15 is 0 Å². The Balaban J connectivity index is 1.65. The lowest BCUT2D eigenvalue weighted by Gasteiger charge is -2.11. The fraction of sp³-hybridized carbons (Fsp3) is 0.250. The van der Waals surface area contributed by atoms with Crippen molar-refractivity contribution >= 4 is 16.9 Å². The molecule has 0 bridgehead atoms. The number of aryl methyl sites for hydroxylation is 1. The molecule has 0 aliphatic carbocycles. The number of carbonyl (C=O) groups is 1. The third-order valence-corrected chi connectivity index (χ3v) is 6.11. The van der Waals surface area contributed by atoms with E-state index in [0.29, 0.717) is 31.1 Å². The van der Waals surface area contributed by atoms with Gasteiger partial charge < -0.3 is 24.5 Å². The molecule has 34 heavy (non-hydrogen) atoms. The largest absolute Gasteiger partial charge is 0.497 e. The summed E-state index contributed by atoms with van der Waals surface area (Å²) in [6, 6.07) is 21.8. The predicted octanol–water partition coefficient (Wildman–Crippen LogP) is 5.05. The van der Waals surface area contributed by atoms with Gasteiger partial charge in [0.05, 0.1) is 19.7 Å². The summed E-state index contributed by atoms with van der Waals surface area (Å²) in [5.41, 5.74) is 5.25. The highest BCUT2D eigenvalue weighted by Crippen LogP contribution is 2.31. The van der Waals surface area contributed by atoms with Crippen LogP contribution in [0.5, 0.6) is 11.5 Å². The van der Waals surface area contributed by atoms with Crippen molar-refractivity contribution in [3.8, 4) is 11.5 Å². The molecule has 0 fully saturated rings. The Kier molecular flexibility index (Phi) is 7.18. The molecule has 6 nitrogen and oxygen atoms in total. The van der Waals surface area contributed by atoms with Gasteiger partial charge in [0.15, 0.2) is 0 Å². The quantitative estimate of drug-likeness (QED) is 0.326. The number of carboxylic acids is 1. The van der Waals surface area contributed by atoms with Crippen molar-refractivity contribution in [2.24, 2.45) is 0 Å². The second-order valence-electron chi connectivity index (χ2n) is 8.33. The van der Waals surface area contributed by atoms with Gasteiger partial charge in [-0.3, -0.25) is 0 Å². The minimum atomic E-state index is -0.941. The molecule has 4 aromatic rings. The number of aromatic nitrogens is 1. The number of ether oxygens (including phenoxy) is 2. The van der Waals surface area contributed by atoms with Gasteiger partial charge in [0.1, 0.15) is 17.2 Å². The number of fused-ring (bicyclic) bond motifs is 1. The molecule has 0 saturated heterocycles. The second-order valence-corrected chi connectivity index (χ2v) is 8.33. The molecule has 1 aromatic heterocycles. The van der Waals surface area contributed by atoms with Gasteiger partial charge >= 0.3 is 5.97 Å². The van der Waals surface area contributed by atoms with Gasteiger partial charge in [-0.2, -0.15) is 0 Å². The molecule has 0 atom stereocenters. The number of methoxy groups -OCH3 is 2. The standard InChI is InChI=1S/C28H30N2O4/c1-19-8-10-20(11-9-19)18-30-25-16-22(33-2)12-13-23(25)24(27(30)28(31)32)17-29-15-14-21-6-4-5-7-26(21)34-3/h4-13,16,29H,14-15,17-18H2,1-3H3,(H,31,32). The summed E-state index contributed by atoms with van der Waals surface area (Å²) in [4.78, 5) is 12.5. The van der Waals surface area contributed by atoms with Crippen LogP contribution < -0.4 is 14.8 Å². The summed E-state index contributed by atoms with van der Waals surface area (Å²) in [7, 11) is 3.29. The van der Waals surface area contributed by atoms with Gasteiger partial charge in [-0.15, -0.1) is 0 Å². The predicted molar refractivity (Wildman–Crippen MR) is 134 cm³/mol. The van der Waals surface area contributed by atoms with Gasteiger partial charge in [0, 0.05) is 30.1 Å². The summed E-state index contributed by atoms with van der Waals surface area (Å²) in [6.45, 7) is 3.64. The number of para-hydroxylation sites is 1. The van der Waals surface area contributed by atoms with Gasteiger partial charge in [0.2, 0.25) is 0 Å². The van der Waals surface area contributed by atoms with Crippen LogP contribution in [0.3, 0.4) is 0 Å². The fourth-order valence-corrected chi connectivity index (χ4v) is 4.34. The first-order valence-corrected chi connectivity index (χ1v) is 11.3. The molecular formula is C28H30N2O4. The molecule has 176 valence electrons. The summed E-state index contributed by atoms with van der Waals surface area (Å²) < 4.78 is 12.7. The van der Waals surface area contributed by atoms with Gasteiger partial charge in [-0.05, 0) is 49.2 Å². The summed E-state index contributed by atoms with van der Waals surface area (Å²) >= 11 is 0. The molecule has 0 saturated carbocycles. The number of rotatable bonds is 10. The lowest BCUT2D eigenvalue weighted by molar-refractivity contribution is 0.0684. The first-order chi connectivity index (χ1) is 16.5. The number of nitrogens with zero attached hydrogens (tertiary/aromatic N) is 1. The lowest BCUT2D eigenvalue weighted by Crippen LogP contribution is -2.19. The van der Waals surface area contributed by atoms with Crippen molar-refractivity contribution < 1.29 is 19.4 Å². The molecule has 3 aromatic carbocycles. The normalized spacial score (nSPS) is 11.0. The number of aromatic carboxylic acids is 1. The summed E-state index contributed by atoms with van der Waals surface area (Å²) in [6.07, 6.45) is 0.780. The highest BCUT2D eigenvalue weighted by Gasteiger charge is 2.23. The molecule has 1 heterocycles. The molecule has 0 aliphatic rings. The van der Waals surface area contributed by atoms with Gasteiger partial charge in [0.25, 0.3) is 0 Å². The Bertz CT molecular complexity index is 1290. The van der Waals surface area contributed by atoms with E-state index in [1.165, 1.54) is 5.56 Å². The molecule has 2 N–H and O–H groups in total. The molecule has 0 radical (unpaired) electrons. The lowest BCUT2D eigenvalue weighted by atomic mass is 10.1. The first kappa shape index (κ1) is 23.4. The smallest absolute Gasteiger partial charge is 0.352 e. The Morgan fingerprint density at radius 2 is 1.76 bits per heavy atom. The van der Waals surface area contributed by atoms with E-state index in [4.69, 9.17) is 9.47 Å². The monoisotopic (exact) mass is 458 g/mol. The molecule has 6 heteroatoms. The van der Waals surface area contributed by atoms with Gasteiger partial charge in [-0.25, -0.2) is 4.79 Å². The van der Waals surface area contributed by atoms with Crippen LogP contribution in [0, 0.1) is 6.92 Å². The van der Waals surface area contributed by atoms with Crippen LogP contribution in [0.15, 0.2) is 66.7 Å². The fourth-order valence-electron chi connectivity index (χ4n) is 4.34. The van der Waals surface area contributed by atoms with E-state index in [9.17, 15) is 9.90 Å². The number of hydrogen-bond donors (Lipinski definition) is 2. The average molecular weight is 459 g/mol. The molecule has 0 aliphatic heterocycles. The van der Waals surface area contributed by atoms with Crippen molar-refractivity contribution in [3.63, 3.8) is 0 Å². The van der Waals surface area contributed by atoms with E-state index < -0.39 is 5.97 Å². The number of carboxylic acid groups (broad SMARTS) is 1. The van der Waals surface area contributed by atoms with Crippen molar-refractivity contribution in [1.82, 2.24) is 9.88 Å². The highest BCUT2D eigenvalue weighted by molar-refractivity contribution is 5.98.